The van der Waals surface area contributed by atoms with E-state index in [1.165, 1.54) is 18.2 Å². The van der Waals surface area contributed by atoms with Crippen molar-refractivity contribution in [1.29, 1.82) is 0 Å². The predicted molar refractivity (Wildman–Crippen MR) is 69.0 cm³/mol. The van der Waals surface area contributed by atoms with E-state index in [4.69, 9.17) is 0 Å². The van der Waals surface area contributed by atoms with Gasteiger partial charge < -0.3 is 0 Å². The summed E-state index contributed by atoms with van der Waals surface area (Å²) in [5.41, 5.74) is -0.167. The van der Waals surface area contributed by atoms with Gasteiger partial charge in [0.25, 0.3) is 5.69 Å². The summed E-state index contributed by atoms with van der Waals surface area (Å²) in [7, 11) is 0. The topological polar surface area (TPSA) is 60.2 Å². The summed E-state index contributed by atoms with van der Waals surface area (Å²) < 4.78 is 13.4. The number of carbonyl (C=O) groups excluding carboxylic acids is 1. The third kappa shape index (κ3) is 2.79. The van der Waals surface area contributed by atoms with Crippen LogP contribution in [0.3, 0.4) is 0 Å². The van der Waals surface area contributed by atoms with Gasteiger partial charge in [0.15, 0.2) is 6.29 Å². The molecule has 0 saturated heterocycles. The Morgan fingerprint density at radius 2 is 1.79 bits per heavy atom. The summed E-state index contributed by atoms with van der Waals surface area (Å²) in [4.78, 5) is 22.0. The third-order valence-electron chi connectivity index (χ3n) is 2.41. The van der Waals surface area contributed by atoms with E-state index in [-0.39, 0.29) is 11.3 Å². The van der Waals surface area contributed by atoms with Gasteiger partial charge in [-0.15, -0.1) is 0 Å². The van der Waals surface area contributed by atoms with Crippen molar-refractivity contribution in [1.82, 2.24) is 0 Å². The van der Waals surface area contributed by atoms with E-state index in [9.17, 15) is 19.3 Å². The first-order valence-electron chi connectivity index (χ1n) is 5.28. The van der Waals surface area contributed by atoms with Crippen LogP contribution in [-0.2, 0) is 0 Å². The summed E-state index contributed by atoms with van der Waals surface area (Å²) in [6, 6.07) is 10.3. The number of nitro groups is 1. The van der Waals surface area contributed by atoms with Crippen LogP contribution >= 0.6 is 11.8 Å². The molecule has 0 N–H and O–H groups in total. The van der Waals surface area contributed by atoms with Gasteiger partial charge in [-0.1, -0.05) is 30.0 Å². The van der Waals surface area contributed by atoms with E-state index in [1.807, 2.05) is 0 Å². The molecule has 2 rings (SSSR count). The molecule has 0 spiro atoms. The molecule has 0 radical (unpaired) electrons. The first-order valence-corrected chi connectivity index (χ1v) is 6.10. The second kappa shape index (κ2) is 5.62. The first kappa shape index (κ1) is 13.2. The third-order valence-corrected chi connectivity index (χ3v) is 3.55. The number of nitrogens with zero attached hydrogens (tertiary/aromatic N) is 1. The molecule has 0 bridgehead atoms. The van der Waals surface area contributed by atoms with Gasteiger partial charge in [-0.25, -0.2) is 4.39 Å². The lowest BCUT2D eigenvalue weighted by atomic mass is 10.2. The van der Waals surface area contributed by atoms with E-state index in [2.05, 4.69) is 0 Å². The summed E-state index contributed by atoms with van der Waals surface area (Å²) in [6.07, 6.45) is 0.409. The van der Waals surface area contributed by atoms with Crippen molar-refractivity contribution in [2.75, 3.05) is 0 Å². The van der Waals surface area contributed by atoms with Crippen LogP contribution in [0.2, 0.25) is 0 Å². The minimum atomic E-state index is -0.640. The zero-order chi connectivity index (χ0) is 13.8. The minimum Gasteiger partial charge on any atom is -0.298 e. The maximum Gasteiger partial charge on any atom is 0.283 e. The molecule has 2 aromatic carbocycles. The Labute approximate surface area is 112 Å². The van der Waals surface area contributed by atoms with Crippen LogP contribution in [0.5, 0.6) is 0 Å². The van der Waals surface area contributed by atoms with Crippen molar-refractivity contribution < 1.29 is 14.1 Å². The van der Waals surface area contributed by atoms with Gasteiger partial charge in [0.1, 0.15) is 5.82 Å². The smallest absolute Gasteiger partial charge is 0.283 e. The molecule has 4 nitrogen and oxygen atoms in total. The highest BCUT2D eigenvalue weighted by Crippen LogP contribution is 2.36. The number of nitro benzene ring substituents is 1. The molecule has 0 atom stereocenters. The van der Waals surface area contributed by atoms with Crippen molar-refractivity contribution in [2.24, 2.45) is 0 Å². The van der Waals surface area contributed by atoms with Crippen LogP contribution in [0.4, 0.5) is 10.1 Å². The van der Waals surface area contributed by atoms with Gasteiger partial charge >= 0.3 is 0 Å². The maximum absolute atomic E-state index is 13.4. The SMILES string of the molecule is O=Cc1c(F)cccc1Sc1ccccc1[N+](=O)[O-]. The van der Waals surface area contributed by atoms with Gasteiger partial charge in [0.2, 0.25) is 0 Å². The highest BCUT2D eigenvalue weighted by atomic mass is 32.2. The average molecular weight is 277 g/mol. The van der Waals surface area contributed by atoms with E-state index in [1.54, 1.807) is 24.3 Å². The zero-order valence-electron chi connectivity index (χ0n) is 9.58. The normalized spacial score (nSPS) is 10.2. The molecular formula is C13H8FNO3S. The summed E-state index contributed by atoms with van der Waals surface area (Å²) >= 11 is 0.995. The molecule has 0 fully saturated rings. The Morgan fingerprint density at radius 3 is 2.47 bits per heavy atom. The number of hydrogen-bond acceptors (Lipinski definition) is 4. The molecule has 0 saturated carbocycles. The quantitative estimate of drug-likeness (QED) is 0.485. The summed E-state index contributed by atoms with van der Waals surface area (Å²) in [6.45, 7) is 0. The zero-order valence-corrected chi connectivity index (χ0v) is 10.4. The van der Waals surface area contributed by atoms with Gasteiger partial charge in [-0.3, -0.25) is 14.9 Å². The molecule has 0 aliphatic carbocycles. The molecule has 6 heteroatoms. The number of para-hydroxylation sites is 1. The van der Waals surface area contributed by atoms with Crippen molar-refractivity contribution in [3.05, 3.63) is 64.0 Å². The Hall–Kier alpha value is -2.21. The van der Waals surface area contributed by atoms with Gasteiger partial charge in [-0.05, 0) is 18.2 Å². The monoisotopic (exact) mass is 277 g/mol. The largest absolute Gasteiger partial charge is 0.298 e. The second-order valence-electron chi connectivity index (χ2n) is 3.60. The summed E-state index contributed by atoms with van der Waals surface area (Å²) in [5.74, 6) is -0.640. The highest BCUT2D eigenvalue weighted by molar-refractivity contribution is 7.99. The van der Waals surface area contributed by atoms with E-state index in [0.29, 0.717) is 16.1 Å². The van der Waals surface area contributed by atoms with Crippen molar-refractivity contribution >= 4 is 23.7 Å². The van der Waals surface area contributed by atoms with Crippen molar-refractivity contribution in [3.63, 3.8) is 0 Å². The lowest BCUT2D eigenvalue weighted by molar-refractivity contribution is -0.387. The standard InChI is InChI=1S/C13H8FNO3S/c14-10-4-3-7-12(9(10)8-16)19-13-6-2-1-5-11(13)15(17)18/h1-8H. The fourth-order valence-electron chi connectivity index (χ4n) is 1.53. The van der Waals surface area contributed by atoms with Crippen molar-refractivity contribution in [3.8, 4) is 0 Å². The maximum atomic E-state index is 13.4. The van der Waals surface area contributed by atoms with Gasteiger partial charge in [0, 0.05) is 11.0 Å². The predicted octanol–water partition coefficient (Wildman–Crippen LogP) is 3.70. The minimum absolute atomic E-state index is 0.0754. The van der Waals surface area contributed by atoms with Crippen LogP contribution < -0.4 is 0 Å². The Morgan fingerprint density at radius 1 is 1.11 bits per heavy atom. The molecule has 0 aliphatic rings. The number of rotatable bonds is 4. The van der Waals surface area contributed by atoms with Crippen LogP contribution in [0.1, 0.15) is 10.4 Å². The van der Waals surface area contributed by atoms with Gasteiger partial charge in [0.05, 0.1) is 15.4 Å². The second-order valence-corrected chi connectivity index (χ2v) is 4.68. The lowest BCUT2D eigenvalue weighted by Crippen LogP contribution is -1.93. The van der Waals surface area contributed by atoms with Crippen LogP contribution in [0.15, 0.2) is 52.3 Å². The molecule has 2 aromatic rings. The first-order chi connectivity index (χ1) is 9.13. The van der Waals surface area contributed by atoms with E-state index >= 15 is 0 Å². The lowest BCUT2D eigenvalue weighted by Gasteiger charge is -2.05. The Kier molecular flexibility index (Phi) is 3.91. The molecule has 96 valence electrons. The molecule has 0 unspecified atom stereocenters. The highest BCUT2D eigenvalue weighted by Gasteiger charge is 2.16. The van der Waals surface area contributed by atoms with E-state index < -0.39 is 10.7 Å². The fraction of sp³-hybridized carbons (Fsp3) is 0. The Balaban J connectivity index is 2.45. The fourth-order valence-corrected chi connectivity index (χ4v) is 2.57. The number of benzene rings is 2. The molecule has 0 aliphatic heterocycles. The van der Waals surface area contributed by atoms with Crippen LogP contribution in [0.25, 0.3) is 0 Å². The molecule has 19 heavy (non-hydrogen) atoms. The average Bonchev–Trinajstić information content (AvgIpc) is 2.39. The Bertz CT molecular complexity index is 646. The van der Waals surface area contributed by atoms with Gasteiger partial charge in [-0.2, -0.15) is 0 Å². The number of hydrogen-bond donors (Lipinski definition) is 0. The number of halogens is 1. The number of aldehydes is 1. The number of carbonyl (C=O) groups is 1. The summed E-state index contributed by atoms with van der Waals surface area (Å²) in [5, 5.41) is 10.9. The molecule has 0 amide bonds. The van der Waals surface area contributed by atoms with E-state index in [0.717, 1.165) is 11.8 Å². The van der Waals surface area contributed by atoms with Crippen LogP contribution in [0, 0.1) is 15.9 Å². The van der Waals surface area contributed by atoms with Crippen molar-refractivity contribution in [2.45, 2.75) is 9.79 Å². The van der Waals surface area contributed by atoms with Crippen LogP contribution in [-0.4, -0.2) is 11.2 Å². The molecule has 0 heterocycles. The molecular weight excluding hydrogens is 269 g/mol. The molecule has 0 aromatic heterocycles.